The van der Waals surface area contributed by atoms with E-state index in [-0.39, 0.29) is 32.2 Å². The second kappa shape index (κ2) is 15.8. The molecule has 1 aromatic rings. The van der Waals surface area contributed by atoms with E-state index in [1.807, 2.05) is 16.8 Å². The molecule has 2 N–H and O–H groups in total. The third-order valence-corrected chi connectivity index (χ3v) is 5.84. The van der Waals surface area contributed by atoms with E-state index < -0.39 is 16.2 Å². The summed E-state index contributed by atoms with van der Waals surface area (Å²) in [4.78, 5) is 12.0. The number of carbonyl (C=O) groups excluding carboxylic acids is 1. The van der Waals surface area contributed by atoms with Gasteiger partial charge in [-0.25, -0.2) is 4.79 Å². The molecule has 0 aliphatic rings. The Kier molecular flexibility index (Phi) is 15.1. The van der Waals surface area contributed by atoms with Crippen LogP contribution < -0.4 is 5.32 Å². The molecule has 1 rings (SSSR count). The molecule has 8 heteroatoms. The molecule has 0 saturated carbocycles. The number of thiophene rings is 1. The average molecular weight is 436 g/mol. The van der Waals surface area contributed by atoms with Crippen LogP contribution in [0.4, 0.5) is 4.79 Å². The molecule has 6 nitrogen and oxygen atoms in total. The first kappa shape index (κ1) is 26.9. The molecular formula is C20H37NO5S2. The molecule has 0 radical (unpaired) electrons. The molecule has 164 valence electrons. The van der Waals surface area contributed by atoms with Gasteiger partial charge in [0, 0.05) is 12.1 Å². The molecule has 1 atom stereocenters. The highest BCUT2D eigenvalue weighted by Gasteiger charge is 2.17. The van der Waals surface area contributed by atoms with Crippen molar-refractivity contribution in [3.8, 4) is 0 Å². The highest BCUT2D eigenvalue weighted by molar-refractivity contribution is 7.85. The van der Waals surface area contributed by atoms with Crippen molar-refractivity contribution in [2.75, 3.05) is 12.3 Å². The number of carbonyl (C=O) groups is 1. The van der Waals surface area contributed by atoms with Gasteiger partial charge in [0.15, 0.2) is 0 Å². The van der Waals surface area contributed by atoms with Gasteiger partial charge < -0.3 is 10.1 Å². The highest BCUT2D eigenvalue weighted by Crippen LogP contribution is 2.26. The van der Waals surface area contributed by atoms with Gasteiger partial charge in [0.2, 0.25) is 0 Å². The van der Waals surface area contributed by atoms with Gasteiger partial charge in [0.1, 0.15) is 6.10 Å². The molecule has 0 bridgehead atoms. The van der Waals surface area contributed by atoms with Crippen LogP contribution in [0.1, 0.15) is 90.2 Å². The zero-order chi connectivity index (χ0) is 20.0. The van der Waals surface area contributed by atoms with Crippen LogP contribution in [0.2, 0.25) is 0 Å². The summed E-state index contributed by atoms with van der Waals surface area (Å²) in [7, 11) is -4.00. The summed E-state index contributed by atoms with van der Waals surface area (Å²) in [5, 5.41) is 6.49. The minimum Gasteiger partial charge on any atom is -0.441 e. The third kappa shape index (κ3) is 14.0. The summed E-state index contributed by atoms with van der Waals surface area (Å²) < 4.78 is 35.5. The second-order valence-corrected chi connectivity index (χ2v) is 9.13. The lowest BCUT2D eigenvalue weighted by atomic mass is 10.0. The smallest absolute Gasteiger partial charge is 0.407 e. The molecule has 1 aromatic heterocycles. The number of hydrogen-bond donors (Lipinski definition) is 2. The molecule has 1 amide bonds. The summed E-state index contributed by atoms with van der Waals surface area (Å²) >= 11 is 1.57. The van der Waals surface area contributed by atoms with Gasteiger partial charge in [-0.3, -0.25) is 4.55 Å². The van der Waals surface area contributed by atoms with Gasteiger partial charge in [0.05, 0.1) is 5.75 Å². The summed E-state index contributed by atoms with van der Waals surface area (Å²) in [6.45, 7) is 2.36. The Morgan fingerprint density at radius 3 is 2.36 bits per heavy atom. The van der Waals surface area contributed by atoms with Crippen molar-refractivity contribution in [3.05, 3.63) is 22.4 Å². The maximum atomic E-state index is 12.0. The van der Waals surface area contributed by atoms with E-state index in [2.05, 4.69) is 12.2 Å². The van der Waals surface area contributed by atoms with E-state index in [1.54, 1.807) is 11.3 Å². The zero-order valence-corrected chi connectivity index (χ0v) is 17.8. The van der Waals surface area contributed by atoms with E-state index >= 15 is 0 Å². The summed E-state index contributed by atoms with van der Waals surface area (Å²) in [5.74, 6) is -0.376. The molecule has 0 aliphatic carbocycles. The van der Waals surface area contributed by atoms with Crippen molar-refractivity contribution < 1.29 is 22.5 Å². The minimum atomic E-state index is -4.00. The van der Waals surface area contributed by atoms with Crippen LogP contribution in [0, 0.1) is 0 Å². The van der Waals surface area contributed by atoms with E-state index in [1.165, 1.54) is 38.5 Å². The number of alkyl carbamates (subject to hydrolysis) is 1. The van der Waals surface area contributed by atoms with Gasteiger partial charge in [-0.15, -0.1) is 0 Å². The van der Waals surface area contributed by atoms with Crippen molar-refractivity contribution in [1.29, 1.82) is 0 Å². The maximum absolute atomic E-state index is 12.0. The third-order valence-electron chi connectivity index (χ3n) is 4.33. The van der Waals surface area contributed by atoms with Crippen LogP contribution >= 0.6 is 11.3 Å². The molecule has 0 fully saturated rings. The predicted molar refractivity (Wildman–Crippen MR) is 117 cm³/mol. The van der Waals surface area contributed by atoms with Gasteiger partial charge >= 0.3 is 6.09 Å². The number of nitrogens with one attached hydrogen (secondary N) is 1. The molecule has 0 aromatic carbocycles. The molecule has 1 unspecified atom stereocenters. The monoisotopic (exact) mass is 435 g/mol. The zero-order valence-electron chi connectivity index (χ0n) is 16.2. The Bertz CT molecular complexity index is 602. The van der Waals surface area contributed by atoms with Crippen molar-refractivity contribution in [1.82, 2.24) is 5.32 Å². The first-order valence-corrected chi connectivity index (χ1v) is 12.4. The van der Waals surface area contributed by atoms with Gasteiger partial charge in [-0.05, 0) is 36.1 Å². The van der Waals surface area contributed by atoms with Crippen LogP contribution in [0.15, 0.2) is 16.8 Å². The number of rotatable bonds is 15. The van der Waals surface area contributed by atoms with Gasteiger partial charge in [-0.2, -0.15) is 19.8 Å². The van der Waals surface area contributed by atoms with Crippen molar-refractivity contribution in [2.45, 2.75) is 84.7 Å². The first-order valence-electron chi connectivity index (χ1n) is 9.84. The van der Waals surface area contributed by atoms with Crippen molar-refractivity contribution >= 4 is 27.5 Å². The molecule has 0 aliphatic heterocycles. The second-order valence-electron chi connectivity index (χ2n) is 6.78. The van der Waals surface area contributed by atoms with Crippen molar-refractivity contribution in [3.63, 3.8) is 0 Å². The lowest BCUT2D eigenvalue weighted by molar-refractivity contribution is 0.0910. The Morgan fingerprint density at radius 2 is 1.79 bits per heavy atom. The Balaban J connectivity index is 0.00000729. The van der Waals surface area contributed by atoms with Crippen LogP contribution in [-0.2, 0) is 14.9 Å². The van der Waals surface area contributed by atoms with E-state index in [9.17, 15) is 13.2 Å². The summed E-state index contributed by atoms with van der Waals surface area (Å²) in [6.07, 6.45) is 9.89. The fourth-order valence-corrected chi connectivity index (χ4v) is 4.04. The number of hydrogen-bond acceptors (Lipinski definition) is 5. The molecule has 0 spiro atoms. The number of ether oxygens (including phenoxy) is 1. The van der Waals surface area contributed by atoms with Crippen LogP contribution in [-0.4, -0.2) is 31.4 Å². The van der Waals surface area contributed by atoms with Crippen LogP contribution in [0.5, 0.6) is 0 Å². The Labute approximate surface area is 174 Å². The topological polar surface area (TPSA) is 92.7 Å². The molecule has 1 heterocycles. The average Bonchev–Trinajstić information content (AvgIpc) is 3.14. The standard InChI is InChI=1S/C19H33NO5S2.CH4/c1-2-3-4-5-6-7-8-9-11-18(17-12-14-26-16-17)25-19(21)20-13-10-15-27(22,23)24;/h12,14,16,18H,2-11,13,15H2,1H3,(H,20,21)(H,22,23,24);1H4. The molecular weight excluding hydrogens is 398 g/mol. The largest absolute Gasteiger partial charge is 0.441 e. The Morgan fingerprint density at radius 1 is 1.14 bits per heavy atom. The summed E-state index contributed by atoms with van der Waals surface area (Å²) in [6, 6.07) is 1.96. The number of amides is 1. The van der Waals surface area contributed by atoms with Gasteiger partial charge in [0.25, 0.3) is 10.1 Å². The lowest BCUT2D eigenvalue weighted by Crippen LogP contribution is -2.28. The first-order chi connectivity index (χ1) is 12.9. The Hall–Kier alpha value is -1.12. The molecule has 28 heavy (non-hydrogen) atoms. The lowest BCUT2D eigenvalue weighted by Gasteiger charge is -2.17. The minimum absolute atomic E-state index is 0. The molecule has 0 saturated heterocycles. The van der Waals surface area contributed by atoms with E-state index in [0.29, 0.717) is 0 Å². The van der Waals surface area contributed by atoms with Crippen LogP contribution in [0.3, 0.4) is 0 Å². The van der Waals surface area contributed by atoms with E-state index in [4.69, 9.17) is 9.29 Å². The maximum Gasteiger partial charge on any atom is 0.407 e. The fourth-order valence-electron chi connectivity index (χ4n) is 2.83. The highest BCUT2D eigenvalue weighted by atomic mass is 32.2. The van der Waals surface area contributed by atoms with Crippen molar-refractivity contribution in [2.24, 2.45) is 0 Å². The van der Waals surface area contributed by atoms with E-state index in [0.717, 1.165) is 24.8 Å². The predicted octanol–water partition coefficient (Wildman–Crippen LogP) is 5.96. The quantitative estimate of drug-likeness (QED) is 0.262. The normalized spacial score (nSPS) is 12.2. The SMILES string of the molecule is C.CCCCCCCCCCC(OC(=O)NCCCS(=O)(=O)O)c1ccsc1. The van der Waals surface area contributed by atoms with Gasteiger partial charge in [-0.1, -0.05) is 59.3 Å². The summed E-state index contributed by atoms with van der Waals surface area (Å²) in [5.41, 5.74) is 0.996. The fraction of sp³-hybridized carbons (Fsp3) is 0.750. The van der Waals surface area contributed by atoms with Crippen LogP contribution in [0.25, 0.3) is 0 Å². The number of unbranched alkanes of at least 4 members (excludes halogenated alkanes) is 7.